The minimum atomic E-state index is -0.672. The zero-order chi connectivity index (χ0) is 10.6. The fourth-order valence-corrected chi connectivity index (χ4v) is 1.14. The van der Waals surface area contributed by atoms with Crippen LogP contribution >= 0.6 is 11.6 Å². The average molecular weight is 219 g/mol. The first-order chi connectivity index (χ1) is 6.70. The van der Waals surface area contributed by atoms with Crippen molar-refractivity contribution in [3.8, 4) is 5.75 Å². The fraction of sp³-hybridized carbons (Fsp3) is 0.222. The molecule has 0 N–H and O–H groups in total. The second-order valence-electron chi connectivity index (χ2n) is 2.44. The molecule has 76 valence electrons. The molecule has 0 aromatic heterocycles. The van der Waals surface area contributed by atoms with Crippen molar-refractivity contribution in [3.05, 3.63) is 28.5 Å². The molecule has 5 heteroatoms. The van der Waals surface area contributed by atoms with Crippen LogP contribution < -0.4 is 4.74 Å². The normalized spacial score (nSPS) is 9.93. The number of methoxy groups -OCH3 is 1. The van der Waals surface area contributed by atoms with Gasteiger partial charge in [-0.3, -0.25) is 4.79 Å². The summed E-state index contributed by atoms with van der Waals surface area (Å²) in [7, 11) is 1.44. The molecular formula is C9H8ClFO3. The van der Waals surface area contributed by atoms with Gasteiger partial charge in [-0.2, -0.15) is 0 Å². The highest BCUT2D eigenvalue weighted by Gasteiger charge is 2.11. The fourth-order valence-electron chi connectivity index (χ4n) is 0.891. The van der Waals surface area contributed by atoms with Crippen molar-refractivity contribution in [2.24, 2.45) is 0 Å². The van der Waals surface area contributed by atoms with Crippen LogP contribution in [0.1, 0.15) is 10.4 Å². The molecule has 0 spiro atoms. The summed E-state index contributed by atoms with van der Waals surface area (Å²) in [4.78, 5) is 10.5. The highest BCUT2D eigenvalue weighted by Crippen LogP contribution is 2.28. The van der Waals surface area contributed by atoms with Crippen LogP contribution in [-0.4, -0.2) is 20.2 Å². The molecule has 0 radical (unpaired) electrons. The van der Waals surface area contributed by atoms with Gasteiger partial charge >= 0.3 is 0 Å². The molecule has 0 amide bonds. The van der Waals surface area contributed by atoms with Crippen molar-refractivity contribution in [1.29, 1.82) is 0 Å². The number of benzene rings is 1. The number of carbonyl (C=O) groups excluding carboxylic acids is 1. The van der Waals surface area contributed by atoms with E-state index >= 15 is 0 Å². The van der Waals surface area contributed by atoms with E-state index < -0.39 is 5.82 Å². The summed E-state index contributed by atoms with van der Waals surface area (Å²) in [6.45, 7) is -0.0103. The molecule has 0 saturated carbocycles. The summed E-state index contributed by atoms with van der Waals surface area (Å²) in [6, 6.07) is 2.45. The Morgan fingerprint density at radius 3 is 2.86 bits per heavy atom. The number of ether oxygens (including phenoxy) is 2. The van der Waals surface area contributed by atoms with Gasteiger partial charge < -0.3 is 9.47 Å². The maximum Gasteiger partial charge on any atom is 0.188 e. The minimum Gasteiger partial charge on any atom is -0.466 e. The van der Waals surface area contributed by atoms with Gasteiger partial charge in [0.15, 0.2) is 13.1 Å². The highest BCUT2D eigenvalue weighted by atomic mass is 35.5. The molecule has 0 saturated heterocycles. The van der Waals surface area contributed by atoms with Crippen LogP contribution in [0.25, 0.3) is 0 Å². The van der Waals surface area contributed by atoms with E-state index in [0.717, 1.165) is 6.07 Å². The third-order valence-electron chi connectivity index (χ3n) is 1.54. The Labute approximate surface area is 85.4 Å². The average Bonchev–Trinajstić information content (AvgIpc) is 2.18. The number of hydrogen-bond donors (Lipinski definition) is 0. The largest absolute Gasteiger partial charge is 0.466 e. The van der Waals surface area contributed by atoms with Gasteiger partial charge in [-0.15, -0.1) is 0 Å². The first-order valence-corrected chi connectivity index (χ1v) is 4.13. The van der Waals surface area contributed by atoms with Gasteiger partial charge in [0.25, 0.3) is 0 Å². The van der Waals surface area contributed by atoms with E-state index in [-0.39, 0.29) is 23.1 Å². The molecule has 0 aliphatic rings. The van der Waals surface area contributed by atoms with Crippen LogP contribution in [0, 0.1) is 5.82 Å². The Bertz CT molecular complexity index is 341. The van der Waals surface area contributed by atoms with E-state index in [4.69, 9.17) is 16.3 Å². The molecule has 0 aliphatic carbocycles. The number of aldehydes is 1. The zero-order valence-corrected chi connectivity index (χ0v) is 8.18. The van der Waals surface area contributed by atoms with Gasteiger partial charge in [0.05, 0.1) is 10.6 Å². The van der Waals surface area contributed by atoms with Gasteiger partial charge in [-0.25, -0.2) is 4.39 Å². The molecular weight excluding hydrogens is 211 g/mol. The molecule has 0 fully saturated rings. The van der Waals surface area contributed by atoms with E-state index in [1.54, 1.807) is 0 Å². The minimum absolute atomic E-state index is 0.0103. The number of rotatable bonds is 4. The molecule has 1 aromatic rings. The number of hydrogen-bond acceptors (Lipinski definition) is 3. The molecule has 1 aromatic carbocycles. The van der Waals surface area contributed by atoms with E-state index in [0.29, 0.717) is 6.29 Å². The lowest BCUT2D eigenvalue weighted by Crippen LogP contribution is -2.01. The van der Waals surface area contributed by atoms with Crippen molar-refractivity contribution < 1.29 is 18.7 Å². The summed E-state index contributed by atoms with van der Waals surface area (Å²) in [5, 5.41) is -0.0444. The van der Waals surface area contributed by atoms with Gasteiger partial charge in [-0.05, 0) is 12.1 Å². The van der Waals surface area contributed by atoms with E-state index in [1.165, 1.54) is 13.2 Å². The van der Waals surface area contributed by atoms with Gasteiger partial charge in [0.1, 0.15) is 11.6 Å². The van der Waals surface area contributed by atoms with E-state index in [9.17, 15) is 9.18 Å². The lowest BCUT2D eigenvalue weighted by atomic mass is 10.2. The second-order valence-corrected chi connectivity index (χ2v) is 2.82. The summed E-state index contributed by atoms with van der Waals surface area (Å²) in [5.74, 6) is -0.452. The van der Waals surface area contributed by atoms with Crippen LogP contribution in [-0.2, 0) is 4.74 Å². The van der Waals surface area contributed by atoms with Crippen molar-refractivity contribution in [1.82, 2.24) is 0 Å². The molecule has 3 nitrogen and oxygen atoms in total. The Hall–Kier alpha value is -1.13. The molecule has 0 heterocycles. The predicted molar refractivity (Wildman–Crippen MR) is 49.3 cm³/mol. The van der Waals surface area contributed by atoms with Crippen LogP contribution in [0.15, 0.2) is 12.1 Å². The quantitative estimate of drug-likeness (QED) is 0.575. The summed E-state index contributed by atoms with van der Waals surface area (Å²) < 4.78 is 22.6. The van der Waals surface area contributed by atoms with Crippen molar-refractivity contribution in [2.75, 3.05) is 13.9 Å². The van der Waals surface area contributed by atoms with Gasteiger partial charge in [0, 0.05) is 7.11 Å². The summed E-state index contributed by atoms with van der Waals surface area (Å²) >= 11 is 5.70. The Morgan fingerprint density at radius 2 is 2.29 bits per heavy atom. The molecule has 0 atom stereocenters. The van der Waals surface area contributed by atoms with E-state index in [2.05, 4.69) is 4.74 Å². The van der Waals surface area contributed by atoms with Crippen molar-refractivity contribution in [2.45, 2.75) is 0 Å². The summed E-state index contributed by atoms with van der Waals surface area (Å²) in [6.07, 6.45) is 0.345. The Kier molecular flexibility index (Phi) is 3.85. The first-order valence-electron chi connectivity index (χ1n) is 3.75. The smallest absolute Gasteiger partial charge is 0.188 e. The lowest BCUT2D eigenvalue weighted by Gasteiger charge is -2.07. The number of halogens is 2. The summed E-state index contributed by atoms with van der Waals surface area (Å²) in [5.41, 5.74) is -0.208. The van der Waals surface area contributed by atoms with Gasteiger partial charge in [0.2, 0.25) is 0 Å². The Morgan fingerprint density at radius 1 is 1.57 bits per heavy atom. The third kappa shape index (κ3) is 2.21. The second kappa shape index (κ2) is 4.93. The lowest BCUT2D eigenvalue weighted by molar-refractivity contribution is 0.0510. The Balaban J connectivity index is 3.02. The zero-order valence-electron chi connectivity index (χ0n) is 7.42. The molecule has 0 bridgehead atoms. The van der Waals surface area contributed by atoms with E-state index in [1.807, 2.05) is 0 Å². The molecule has 0 aliphatic heterocycles. The maximum atomic E-state index is 13.0. The SMILES string of the molecule is COCOc1ccc(F)c(C=O)c1Cl. The van der Waals surface area contributed by atoms with Crippen LogP contribution in [0.4, 0.5) is 4.39 Å². The molecule has 14 heavy (non-hydrogen) atoms. The topological polar surface area (TPSA) is 35.5 Å². The van der Waals surface area contributed by atoms with Crippen molar-refractivity contribution >= 4 is 17.9 Å². The third-order valence-corrected chi connectivity index (χ3v) is 1.93. The van der Waals surface area contributed by atoms with Crippen LogP contribution in [0.3, 0.4) is 0 Å². The maximum absolute atomic E-state index is 13.0. The first kappa shape index (κ1) is 10.9. The van der Waals surface area contributed by atoms with Gasteiger partial charge in [-0.1, -0.05) is 11.6 Å². The molecule has 0 unspecified atom stereocenters. The standard InChI is InChI=1S/C9H8ClFO3/c1-13-5-14-8-3-2-7(11)6(4-12)9(8)10/h2-4H,5H2,1H3. The van der Waals surface area contributed by atoms with Crippen molar-refractivity contribution in [3.63, 3.8) is 0 Å². The molecule has 1 rings (SSSR count). The van der Waals surface area contributed by atoms with Crippen LogP contribution in [0.2, 0.25) is 5.02 Å². The van der Waals surface area contributed by atoms with Crippen LogP contribution in [0.5, 0.6) is 5.75 Å². The number of carbonyl (C=O) groups is 1. The predicted octanol–water partition coefficient (Wildman–Crippen LogP) is 2.27. The monoisotopic (exact) mass is 218 g/mol. The highest BCUT2D eigenvalue weighted by molar-refractivity contribution is 6.34.